The number of carbonyl (C=O) groups excluding carboxylic acids is 1. The number of thiophene rings is 1. The third-order valence-corrected chi connectivity index (χ3v) is 7.04. The number of carboxylic acid groups (broad SMARTS) is 1. The highest BCUT2D eigenvalue weighted by molar-refractivity contribution is 7.18. The Hall–Kier alpha value is -4.34. The number of hydrogen-bond donors (Lipinski definition) is 3. The van der Waals surface area contributed by atoms with E-state index in [1.165, 1.54) is 23.7 Å². The van der Waals surface area contributed by atoms with Gasteiger partial charge < -0.3 is 15.7 Å². The molecule has 5 rings (SSSR count). The average molecular weight is 547 g/mol. The van der Waals surface area contributed by atoms with Crippen LogP contribution in [0.4, 0.5) is 20.6 Å². The van der Waals surface area contributed by atoms with E-state index < -0.39 is 17.8 Å². The van der Waals surface area contributed by atoms with Crippen molar-refractivity contribution in [3.05, 3.63) is 94.8 Å². The number of rotatable bonds is 7. The van der Waals surface area contributed by atoms with Gasteiger partial charge in [-0.25, -0.2) is 19.2 Å². The Bertz CT molecular complexity index is 1660. The minimum absolute atomic E-state index is 0.130. The summed E-state index contributed by atoms with van der Waals surface area (Å²) in [5, 5.41) is 16.8. The maximum absolute atomic E-state index is 14.6. The fourth-order valence-corrected chi connectivity index (χ4v) is 5.22. The van der Waals surface area contributed by atoms with Crippen LogP contribution in [0, 0.1) is 5.82 Å². The third-order valence-electron chi connectivity index (χ3n) is 5.82. The topological polar surface area (TPSA) is 104 Å². The van der Waals surface area contributed by atoms with E-state index in [1.54, 1.807) is 48.5 Å². The fraction of sp³-hybridized carbons (Fsp3) is 0.0714. The highest BCUT2D eigenvalue weighted by Crippen LogP contribution is 2.38. The molecule has 0 fully saturated rings. The van der Waals surface area contributed by atoms with Crippen LogP contribution in [0.25, 0.3) is 32.6 Å². The molecular weight excluding hydrogens is 527 g/mol. The number of fused-ring (bicyclic) bond motifs is 1. The molecule has 38 heavy (non-hydrogen) atoms. The predicted molar refractivity (Wildman–Crippen MR) is 148 cm³/mol. The molecule has 2 amide bonds. The van der Waals surface area contributed by atoms with Crippen molar-refractivity contribution in [2.24, 2.45) is 0 Å². The number of carboxylic acids is 1. The van der Waals surface area contributed by atoms with E-state index in [-0.39, 0.29) is 12.8 Å². The zero-order valence-corrected chi connectivity index (χ0v) is 21.3. The van der Waals surface area contributed by atoms with E-state index in [1.807, 2.05) is 17.5 Å². The number of hydrogen-bond acceptors (Lipinski definition) is 5. The van der Waals surface area contributed by atoms with Gasteiger partial charge in [0.1, 0.15) is 12.1 Å². The summed E-state index contributed by atoms with van der Waals surface area (Å²) in [6.45, 7) is 0. The molecule has 5 aromatic rings. The van der Waals surface area contributed by atoms with Crippen LogP contribution in [0.15, 0.2) is 78.4 Å². The molecule has 10 heteroatoms. The van der Waals surface area contributed by atoms with Crippen molar-refractivity contribution in [1.82, 2.24) is 9.97 Å². The molecule has 2 aromatic heterocycles. The van der Waals surface area contributed by atoms with Crippen LogP contribution in [0.5, 0.6) is 0 Å². The molecule has 0 radical (unpaired) electrons. The SMILES string of the molecule is O=C(O)CCc1ccc(-c2csc3c(-c4ccc(NC(=O)Nc5cccc(Cl)c5)cc4)ncnc23)cc1F. The zero-order chi connectivity index (χ0) is 26.6. The summed E-state index contributed by atoms with van der Waals surface area (Å²) < 4.78 is 15.5. The molecule has 0 unspecified atom stereocenters. The number of aromatic nitrogens is 2. The van der Waals surface area contributed by atoms with Crippen molar-refractivity contribution in [2.45, 2.75) is 12.8 Å². The molecule has 3 N–H and O–H groups in total. The van der Waals surface area contributed by atoms with Crippen LogP contribution in [-0.4, -0.2) is 27.1 Å². The number of anilines is 2. The first-order valence-corrected chi connectivity index (χ1v) is 12.8. The van der Waals surface area contributed by atoms with E-state index in [0.717, 1.165) is 21.5 Å². The van der Waals surface area contributed by atoms with Gasteiger partial charge in [0.2, 0.25) is 0 Å². The van der Waals surface area contributed by atoms with Crippen LogP contribution >= 0.6 is 22.9 Å². The van der Waals surface area contributed by atoms with Gasteiger partial charge in [-0.05, 0) is 53.9 Å². The average Bonchev–Trinajstić information content (AvgIpc) is 3.33. The number of nitrogens with zero attached hydrogens (tertiary/aromatic N) is 2. The lowest BCUT2D eigenvalue weighted by molar-refractivity contribution is -0.136. The summed E-state index contributed by atoms with van der Waals surface area (Å²) in [5.41, 5.74) is 5.22. The van der Waals surface area contributed by atoms with E-state index in [2.05, 4.69) is 20.6 Å². The van der Waals surface area contributed by atoms with E-state index in [9.17, 15) is 14.0 Å². The van der Waals surface area contributed by atoms with Gasteiger partial charge >= 0.3 is 12.0 Å². The normalized spacial score (nSPS) is 10.9. The van der Waals surface area contributed by atoms with Crippen molar-refractivity contribution in [2.75, 3.05) is 10.6 Å². The van der Waals surface area contributed by atoms with Gasteiger partial charge in [0, 0.05) is 39.3 Å². The number of aryl methyl sites for hydroxylation is 1. The van der Waals surface area contributed by atoms with Crippen LogP contribution in [0.2, 0.25) is 5.02 Å². The van der Waals surface area contributed by atoms with E-state index in [4.69, 9.17) is 16.7 Å². The molecule has 3 aromatic carbocycles. The molecule has 0 aliphatic heterocycles. The molecule has 0 aliphatic carbocycles. The molecule has 0 saturated carbocycles. The molecule has 7 nitrogen and oxygen atoms in total. The molecule has 2 heterocycles. The number of urea groups is 1. The van der Waals surface area contributed by atoms with Gasteiger partial charge in [-0.15, -0.1) is 11.3 Å². The van der Waals surface area contributed by atoms with E-state index >= 15 is 0 Å². The molecule has 0 aliphatic rings. The summed E-state index contributed by atoms with van der Waals surface area (Å²) in [6, 6.07) is 18.5. The maximum Gasteiger partial charge on any atom is 0.323 e. The first-order valence-electron chi connectivity index (χ1n) is 11.5. The lowest BCUT2D eigenvalue weighted by Crippen LogP contribution is -2.19. The summed E-state index contributed by atoms with van der Waals surface area (Å²) >= 11 is 7.42. The Morgan fingerprint density at radius 2 is 1.71 bits per heavy atom. The Morgan fingerprint density at radius 1 is 0.947 bits per heavy atom. The first kappa shape index (κ1) is 25.3. The van der Waals surface area contributed by atoms with E-state index in [0.29, 0.717) is 33.0 Å². The minimum Gasteiger partial charge on any atom is -0.481 e. The Balaban J connectivity index is 1.35. The molecular formula is C28H20ClFN4O3S. The van der Waals surface area contributed by atoms with Gasteiger partial charge in [0.05, 0.1) is 15.9 Å². The van der Waals surface area contributed by atoms with Crippen LogP contribution in [0.3, 0.4) is 0 Å². The number of benzene rings is 3. The predicted octanol–water partition coefficient (Wildman–Crippen LogP) is 7.48. The Kier molecular flexibility index (Phi) is 7.30. The van der Waals surface area contributed by atoms with Gasteiger partial charge in [0.25, 0.3) is 0 Å². The highest BCUT2D eigenvalue weighted by atomic mass is 35.5. The van der Waals surface area contributed by atoms with Crippen molar-refractivity contribution >= 4 is 56.5 Å². The van der Waals surface area contributed by atoms with Crippen LogP contribution < -0.4 is 10.6 Å². The number of nitrogens with one attached hydrogen (secondary N) is 2. The standard InChI is InChI=1S/C28H20ClFN4O3S/c29-19-2-1-3-21(13-19)34-28(37)33-20-9-6-17(7-10-20)25-27-26(32-15-31-25)22(14-38-27)18-5-4-16(23(30)12-18)8-11-24(35)36/h1-7,9-10,12-15H,8,11H2,(H,35,36)(H2,33,34,37). The maximum atomic E-state index is 14.6. The Morgan fingerprint density at radius 3 is 2.45 bits per heavy atom. The van der Waals surface area contributed by atoms with Crippen molar-refractivity contribution in [3.8, 4) is 22.4 Å². The number of carbonyl (C=O) groups is 2. The van der Waals surface area contributed by atoms with Crippen LogP contribution in [0.1, 0.15) is 12.0 Å². The highest BCUT2D eigenvalue weighted by Gasteiger charge is 2.15. The third kappa shape index (κ3) is 5.64. The van der Waals surface area contributed by atoms with Crippen molar-refractivity contribution in [3.63, 3.8) is 0 Å². The Labute approximate surface area is 226 Å². The van der Waals surface area contributed by atoms with Crippen molar-refractivity contribution in [1.29, 1.82) is 0 Å². The molecule has 190 valence electrons. The molecule has 0 bridgehead atoms. The second-order valence-corrected chi connectivity index (χ2v) is 9.73. The summed E-state index contributed by atoms with van der Waals surface area (Å²) in [5.74, 6) is -1.41. The largest absolute Gasteiger partial charge is 0.481 e. The van der Waals surface area contributed by atoms with Gasteiger partial charge in [-0.1, -0.05) is 41.9 Å². The number of amides is 2. The van der Waals surface area contributed by atoms with Gasteiger partial charge in [0.15, 0.2) is 0 Å². The molecule has 0 spiro atoms. The minimum atomic E-state index is -0.967. The lowest BCUT2D eigenvalue weighted by atomic mass is 10.0. The van der Waals surface area contributed by atoms with Gasteiger partial charge in [-0.3, -0.25) is 4.79 Å². The fourth-order valence-electron chi connectivity index (χ4n) is 3.99. The number of aliphatic carboxylic acids is 1. The number of halogens is 2. The zero-order valence-electron chi connectivity index (χ0n) is 19.7. The quantitative estimate of drug-likeness (QED) is 0.196. The van der Waals surface area contributed by atoms with Crippen LogP contribution in [-0.2, 0) is 11.2 Å². The lowest BCUT2D eigenvalue weighted by Gasteiger charge is -2.09. The first-order chi connectivity index (χ1) is 18.4. The summed E-state index contributed by atoms with van der Waals surface area (Å²) in [4.78, 5) is 32.1. The molecule has 0 atom stereocenters. The summed E-state index contributed by atoms with van der Waals surface area (Å²) in [6.07, 6.45) is 1.47. The van der Waals surface area contributed by atoms with Crippen molar-refractivity contribution < 1.29 is 19.1 Å². The monoisotopic (exact) mass is 546 g/mol. The summed E-state index contributed by atoms with van der Waals surface area (Å²) in [7, 11) is 0. The second-order valence-electron chi connectivity index (χ2n) is 8.42. The van der Waals surface area contributed by atoms with Gasteiger partial charge in [-0.2, -0.15) is 0 Å². The smallest absolute Gasteiger partial charge is 0.323 e. The second kappa shape index (κ2) is 11.0. The molecule has 0 saturated heterocycles.